The number of rotatable bonds is 9. The Kier molecular flexibility index (Phi) is 6.35. The third-order valence-corrected chi connectivity index (χ3v) is 5.53. The molecule has 0 bridgehead atoms. The first-order valence-electron chi connectivity index (χ1n) is 7.89. The van der Waals surface area contributed by atoms with E-state index in [1.807, 2.05) is 0 Å². The zero-order valence-corrected chi connectivity index (χ0v) is 15.3. The number of benzene rings is 2. The van der Waals surface area contributed by atoms with E-state index in [0.717, 1.165) is 10.4 Å². The van der Waals surface area contributed by atoms with Crippen LogP contribution in [0.2, 0.25) is 0 Å². The lowest BCUT2D eigenvalue weighted by molar-refractivity contribution is -0.385. The number of hydrogen-bond acceptors (Lipinski definition) is 6. The lowest BCUT2D eigenvalue weighted by atomic mass is 10.2. The van der Waals surface area contributed by atoms with Crippen LogP contribution in [0.3, 0.4) is 0 Å². The minimum Gasteiger partial charge on any atom is -0.497 e. The van der Waals surface area contributed by atoms with Crippen molar-refractivity contribution in [2.24, 2.45) is 0 Å². The van der Waals surface area contributed by atoms with E-state index in [2.05, 4.69) is 0 Å². The summed E-state index contributed by atoms with van der Waals surface area (Å²) in [5.74, 6) is -0.627. The molecule has 0 aliphatic carbocycles. The summed E-state index contributed by atoms with van der Waals surface area (Å²) in [6.45, 7) is -0.107. The molecule has 0 aliphatic rings. The fraction of sp³-hybridized carbons (Fsp3) is 0.235. The van der Waals surface area contributed by atoms with Crippen molar-refractivity contribution >= 4 is 27.4 Å². The highest BCUT2D eigenvalue weighted by Gasteiger charge is 2.27. The highest BCUT2D eigenvalue weighted by atomic mass is 32.2. The molecule has 0 aromatic heterocycles. The predicted molar refractivity (Wildman–Crippen MR) is 97.5 cm³/mol. The highest BCUT2D eigenvalue weighted by molar-refractivity contribution is 7.92. The largest absolute Gasteiger partial charge is 0.497 e. The first kappa shape index (κ1) is 20.2. The molecular formula is C17H18N2O7S. The van der Waals surface area contributed by atoms with Gasteiger partial charge in [-0.3, -0.25) is 19.2 Å². The molecule has 144 valence electrons. The van der Waals surface area contributed by atoms with Gasteiger partial charge >= 0.3 is 5.97 Å². The second-order valence-electron chi connectivity index (χ2n) is 5.53. The molecule has 0 spiro atoms. The van der Waals surface area contributed by atoms with E-state index in [-0.39, 0.29) is 35.7 Å². The second-order valence-corrected chi connectivity index (χ2v) is 7.39. The minimum absolute atomic E-state index is 0.0701. The number of sulfonamides is 1. The Morgan fingerprint density at radius 3 is 2.56 bits per heavy atom. The molecule has 0 saturated heterocycles. The van der Waals surface area contributed by atoms with Gasteiger partial charge in [0, 0.05) is 31.2 Å². The number of aliphatic carboxylic acids is 1. The van der Waals surface area contributed by atoms with Gasteiger partial charge in [0.05, 0.1) is 22.6 Å². The number of carboxylic acid groups (broad SMARTS) is 1. The minimum atomic E-state index is -4.15. The molecule has 0 aliphatic heterocycles. The molecule has 2 aromatic rings. The topological polar surface area (TPSA) is 127 Å². The summed E-state index contributed by atoms with van der Waals surface area (Å²) in [6.07, 6.45) is -0.147. The molecule has 0 radical (unpaired) electrons. The van der Waals surface area contributed by atoms with Gasteiger partial charge in [-0.05, 0) is 24.6 Å². The normalized spacial score (nSPS) is 11.0. The molecule has 2 aromatic carbocycles. The average molecular weight is 394 g/mol. The molecule has 0 fully saturated rings. The van der Waals surface area contributed by atoms with Crippen LogP contribution in [-0.4, -0.2) is 38.1 Å². The van der Waals surface area contributed by atoms with Crippen molar-refractivity contribution < 1.29 is 28.0 Å². The Bertz CT molecular complexity index is 944. The quantitative estimate of drug-likeness (QED) is 0.511. The molecule has 0 atom stereocenters. The van der Waals surface area contributed by atoms with E-state index in [1.54, 1.807) is 12.1 Å². The number of methoxy groups -OCH3 is 1. The number of ether oxygens (including phenoxy) is 1. The van der Waals surface area contributed by atoms with Crippen LogP contribution < -0.4 is 9.04 Å². The molecule has 2 rings (SSSR count). The third kappa shape index (κ3) is 4.94. The van der Waals surface area contributed by atoms with Gasteiger partial charge < -0.3 is 9.84 Å². The molecule has 0 saturated carbocycles. The van der Waals surface area contributed by atoms with Crippen LogP contribution in [0.25, 0.3) is 0 Å². The van der Waals surface area contributed by atoms with Gasteiger partial charge in [-0.1, -0.05) is 12.1 Å². The molecule has 0 heterocycles. The van der Waals surface area contributed by atoms with E-state index in [9.17, 15) is 23.3 Å². The summed E-state index contributed by atoms with van der Waals surface area (Å²) in [5.41, 5.74) is -0.0848. The maximum absolute atomic E-state index is 13.1. The maximum atomic E-state index is 13.1. The van der Waals surface area contributed by atoms with Gasteiger partial charge in [0.25, 0.3) is 15.7 Å². The smallest absolute Gasteiger partial charge is 0.303 e. The number of nitrogens with zero attached hydrogens (tertiary/aromatic N) is 2. The summed E-state index contributed by atoms with van der Waals surface area (Å²) >= 11 is 0. The number of nitro groups is 1. The SMILES string of the molecule is COc1cccc(N(CCCC(=O)O)S(=O)(=O)c2cccc([N+](=O)[O-])c2)c1. The van der Waals surface area contributed by atoms with Gasteiger partial charge in [0.1, 0.15) is 5.75 Å². The molecule has 9 nitrogen and oxygen atoms in total. The first-order valence-corrected chi connectivity index (χ1v) is 9.33. The Hall–Kier alpha value is -3.14. The van der Waals surface area contributed by atoms with Crippen molar-refractivity contribution in [3.8, 4) is 5.75 Å². The van der Waals surface area contributed by atoms with Crippen LogP contribution in [0, 0.1) is 10.1 Å². The van der Waals surface area contributed by atoms with E-state index in [0.29, 0.717) is 5.75 Å². The van der Waals surface area contributed by atoms with E-state index in [4.69, 9.17) is 9.84 Å². The number of nitro benzene ring substituents is 1. The van der Waals surface area contributed by atoms with Gasteiger partial charge in [0.15, 0.2) is 0 Å². The van der Waals surface area contributed by atoms with Crippen molar-refractivity contribution in [1.29, 1.82) is 0 Å². The van der Waals surface area contributed by atoms with Gasteiger partial charge in [-0.15, -0.1) is 0 Å². The number of anilines is 1. The molecular weight excluding hydrogens is 376 g/mol. The van der Waals surface area contributed by atoms with Gasteiger partial charge in [-0.2, -0.15) is 0 Å². The highest BCUT2D eigenvalue weighted by Crippen LogP contribution is 2.28. The maximum Gasteiger partial charge on any atom is 0.303 e. The lowest BCUT2D eigenvalue weighted by Gasteiger charge is -2.24. The Morgan fingerprint density at radius 2 is 1.93 bits per heavy atom. The van der Waals surface area contributed by atoms with Crippen LogP contribution in [0.5, 0.6) is 5.75 Å². The molecule has 10 heteroatoms. The second kappa shape index (κ2) is 8.49. The van der Waals surface area contributed by atoms with Crippen molar-refractivity contribution in [3.05, 3.63) is 58.6 Å². The van der Waals surface area contributed by atoms with Crippen molar-refractivity contribution in [2.75, 3.05) is 18.0 Å². The Labute approximate surface area is 156 Å². The standard InChI is InChI=1S/C17H18N2O7S/c1-26-15-7-2-5-13(11-15)18(10-4-9-17(20)21)27(24,25)16-8-3-6-14(12-16)19(22)23/h2-3,5-8,11-12H,4,9-10H2,1H3,(H,20,21). The fourth-order valence-corrected chi connectivity index (χ4v) is 3.95. The monoisotopic (exact) mass is 394 g/mol. The summed E-state index contributed by atoms with van der Waals surface area (Å²) < 4.78 is 32.3. The lowest BCUT2D eigenvalue weighted by Crippen LogP contribution is -2.32. The fourth-order valence-electron chi connectivity index (χ4n) is 2.41. The van der Waals surface area contributed by atoms with Crippen molar-refractivity contribution in [3.63, 3.8) is 0 Å². The summed E-state index contributed by atoms with van der Waals surface area (Å²) in [4.78, 5) is 20.8. The van der Waals surface area contributed by atoms with Crippen LogP contribution in [0.4, 0.5) is 11.4 Å². The number of carbonyl (C=O) groups is 1. The van der Waals surface area contributed by atoms with Crippen LogP contribution in [0.1, 0.15) is 12.8 Å². The summed E-state index contributed by atoms with van der Waals surface area (Å²) in [7, 11) is -2.72. The first-order chi connectivity index (χ1) is 12.8. The summed E-state index contributed by atoms with van der Waals surface area (Å²) in [5, 5.41) is 19.8. The number of carboxylic acids is 1. The third-order valence-electron chi connectivity index (χ3n) is 3.71. The van der Waals surface area contributed by atoms with Crippen molar-refractivity contribution in [2.45, 2.75) is 17.7 Å². The number of non-ortho nitro benzene ring substituents is 1. The van der Waals surface area contributed by atoms with Crippen LogP contribution >= 0.6 is 0 Å². The molecule has 1 N–H and O–H groups in total. The summed E-state index contributed by atoms with van der Waals surface area (Å²) in [6, 6.07) is 11.0. The van der Waals surface area contributed by atoms with E-state index < -0.39 is 20.9 Å². The Morgan fingerprint density at radius 1 is 1.22 bits per heavy atom. The van der Waals surface area contributed by atoms with E-state index >= 15 is 0 Å². The molecule has 0 amide bonds. The zero-order valence-electron chi connectivity index (χ0n) is 14.4. The zero-order chi connectivity index (χ0) is 20.0. The van der Waals surface area contributed by atoms with Crippen LogP contribution in [-0.2, 0) is 14.8 Å². The number of hydrogen-bond donors (Lipinski definition) is 1. The molecule has 27 heavy (non-hydrogen) atoms. The average Bonchev–Trinajstić information content (AvgIpc) is 2.65. The van der Waals surface area contributed by atoms with E-state index in [1.165, 1.54) is 37.4 Å². The molecule has 0 unspecified atom stereocenters. The van der Waals surface area contributed by atoms with Crippen molar-refractivity contribution in [1.82, 2.24) is 0 Å². The van der Waals surface area contributed by atoms with Crippen LogP contribution in [0.15, 0.2) is 53.4 Å². The van der Waals surface area contributed by atoms with Gasteiger partial charge in [0.2, 0.25) is 0 Å². The van der Waals surface area contributed by atoms with Gasteiger partial charge in [-0.25, -0.2) is 8.42 Å². The predicted octanol–water partition coefficient (Wildman–Crippen LogP) is 2.66. The Balaban J connectivity index is 2.48.